The summed E-state index contributed by atoms with van der Waals surface area (Å²) in [4.78, 5) is 25.7. The minimum atomic E-state index is -0.444. The highest BCUT2D eigenvalue weighted by atomic mass is 16.5. The van der Waals surface area contributed by atoms with E-state index in [1.807, 2.05) is 0 Å². The normalized spacial score (nSPS) is 17.5. The highest BCUT2D eigenvalue weighted by molar-refractivity contribution is 6.35. The summed E-state index contributed by atoms with van der Waals surface area (Å²) in [6.07, 6.45) is 0. The summed E-state index contributed by atoms with van der Waals surface area (Å²) in [6.45, 7) is 3.00. The summed E-state index contributed by atoms with van der Waals surface area (Å²) in [5.41, 5.74) is 5.25. The second kappa shape index (κ2) is 5.67. The van der Waals surface area contributed by atoms with Gasteiger partial charge in [0.25, 0.3) is 0 Å². The number of hydrogen-bond donors (Lipinski definition) is 1. The molecule has 0 aliphatic carbocycles. The average Bonchev–Trinajstić information content (AvgIpc) is 2.24. The van der Waals surface area contributed by atoms with Gasteiger partial charge in [0.15, 0.2) is 0 Å². The highest BCUT2D eigenvalue weighted by Crippen LogP contribution is 2.02. The lowest BCUT2D eigenvalue weighted by Gasteiger charge is -2.31. The first-order valence-corrected chi connectivity index (χ1v) is 4.99. The van der Waals surface area contributed by atoms with Gasteiger partial charge in [0, 0.05) is 33.2 Å². The van der Waals surface area contributed by atoms with Crippen molar-refractivity contribution in [2.75, 3.05) is 46.4 Å². The topological polar surface area (TPSA) is 75.9 Å². The summed E-state index contributed by atoms with van der Waals surface area (Å²) in [7, 11) is 1.63. The largest absolute Gasteiger partial charge is 0.378 e. The first-order valence-electron chi connectivity index (χ1n) is 4.99. The summed E-state index contributed by atoms with van der Waals surface area (Å²) in [6, 6.07) is 0. The molecule has 6 heteroatoms. The molecule has 1 rings (SSSR count). The van der Waals surface area contributed by atoms with E-state index >= 15 is 0 Å². The predicted molar refractivity (Wildman–Crippen MR) is 54.1 cm³/mol. The Morgan fingerprint density at radius 1 is 1.27 bits per heavy atom. The first kappa shape index (κ1) is 11.9. The van der Waals surface area contributed by atoms with Gasteiger partial charge in [-0.25, -0.2) is 0 Å². The maximum Gasteiger partial charge on any atom is 0.312 e. The Morgan fingerprint density at radius 2 is 2.00 bits per heavy atom. The standard InChI is InChI=1S/C9H17N3O3/c1-11-3-4-12(9(14)8(11)13)5-7-15-6-2-10/h2-7,10H2,1H3. The Balaban J connectivity index is 2.30. The molecule has 0 spiro atoms. The van der Waals surface area contributed by atoms with Gasteiger partial charge in [-0.1, -0.05) is 0 Å². The number of carbonyl (C=O) groups is 2. The number of carbonyl (C=O) groups excluding carboxylic acids is 2. The molecule has 2 N–H and O–H groups in total. The van der Waals surface area contributed by atoms with E-state index in [0.717, 1.165) is 0 Å². The van der Waals surface area contributed by atoms with Gasteiger partial charge in [-0.05, 0) is 0 Å². The van der Waals surface area contributed by atoms with Crippen LogP contribution in [0.3, 0.4) is 0 Å². The Labute approximate surface area is 88.9 Å². The minimum Gasteiger partial charge on any atom is -0.378 e. The fraction of sp³-hybridized carbons (Fsp3) is 0.778. The SMILES string of the molecule is CN1CCN(CCOCCN)C(=O)C1=O. The van der Waals surface area contributed by atoms with E-state index in [4.69, 9.17) is 10.5 Å². The lowest BCUT2D eigenvalue weighted by molar-refractivity contribution is -0.155. The number of hydrogen-bond acceptors (Lipinski definition) is 4. The minimum absolute atomic E-state index is 0.430. The van der Waals surface area contributed by atoms with Gasteiger partial charge in [-0.15, -0.1) is 0 Å². The monoisotopic (exact) mass is 215 g/mol. The smallest absolute Gasteiger partial charge is 0.312 e. The molecule has 0 radical (unpaired) electrons. The molecule has 0 aromatic heterocycles. The van der Waals surface area contributed by atoms with Crippen molar-refractivity contribution in [2.45, 2.75) is 0 Å². The van der Waals surface area contributed by atoms with Crippen LogP contribution in [0.5, 0.6) is 0 Å². The lowest BCUT2D eigenvalue weighted by atomic mass is 10.3. The van der Waals surface area contributed by atoms with Crippen molar-refractivity contribution < 1.29 is 14.3 Å². The number of ether oxygens (including phenoxy) is 1. The van der Waals surface area contributed by atoms with Crippen molar-refractivity contribution in [1.82, 2.24) is 9.80 Å². The van der Waals surface area contributed by atoms with Crippen molar-refractivity contribution in [2.24, 2.45) is 5.73 Å². The van der Waals surface area contributed by atoms with Crippen LogP contribution in [0.15, 0.2) is 0 Å². The molecule has 1 aliphatic rings. The number of nitrogens with zero attached hydrogens (tertiary/aromatic N) is 2. The molecule has 0 unspecified atom stereocenters. The molecule has 0 saturated carbocycles. The van der Waals surface area contributed by atoms with E-state index in [9.17, 15) is 9.59 Å². The van der Waals surface area contributed by atoms with Crippen LogP contribution in [0.4, 0.5) is 0 Å². The van der Waals surface area contributed by atoms with E-state index in [1.54, 1.807) is 7.05 Å². The van der Waals surface area contributed by atoms with Gasteiger partial charge in [0.2, 0.25) is 0 Å². The molecular formula is C9H17N3O3. The van der Waals surface area contributed by atoms with Crippen LogP contribution in [0, 0.1) is 0 Å². The first-order chi connectivity index (χ1) is 7.16. The van der Waals surface area contributed by atoms with Crippen LogP contribution in [0.25, 0.3) is 0 Å². The van der Waals surface area contributed by atoms with Crippen molar-refractivity contribution in [3.8, 4) is 0 Å². The van der Waals surface area contributed by atoms with Crippen LogP contribution in [-0.2, 0) is 14.3 Å². The number of piperazine rings is 1. The zero-order chi connectivity index (χ0) is 11.3. The van der Waals surface area contributed by atoms with Gasteiger partial charge in [0.05, 0.1) is 13.2 Å². The van der Waals surface area contributed by atoms with Crippen molar-refractivity contribution in [3.05, 3.63) is 0 Å². The molecular weight excluding hydrogens is 198 g/mol. The highest BCUT2D eigenvalue weighted by Gasteiger charge is 2.29. The van der Waals surface area contributed by atoms with Crippen LogP contribution < -0.4 is 5.73 Å². The Morgan fingerprint density at radius 3 is 2.67 bits per heavy atom. The zero-order valence-electron chi connectivity index (χ0n) is 8.94. The number of amides is 2. The Bertz CT molecular complexity index is 245. The average molecular weight is 215 g/mol. The number of rotatable bonds is 5. The van der Waals surface area contributed by atoms with Gasteiger partial charge >= 0.3 is 11.8 Å². The van der Waals surface area contributed by atoms with Crippen molar-refractivity contribution in [1.29, 1.82) is 0 Å². The molecule has 1 aliphatic heterocycles. The van der Waals surface area contributed by atoms with Gasteiger partial charge in [-0.3, -0.25) is 9.59 Å². The number of likely N-dealkylation sites (N-methyl/N-ethyl adjacent to an activating group) is 1. The van der Waals surface area contributed by atoms with Crippen LogP contribution in [-0.4, -0.2) is 68.1 Å². The third-order valence-electron chi connectivity index (χ3n) is 2.29. The number of nitrogens with two attached hydrogens (primary N) is 1. The maximum absolute atomic E-state index is 11.5. The molecule has 1 saturated heterocycles. The van der Waals surface area contributed by atoms with E-state index in [2.05, 4.69) is 0 Å². The molecule has 15 heavy (non-hydrogen) atoms. The van der Waals surface area contributed by atoms with E-state index in [0.29, 0.717) is 39.4 Å². The van der Waals surface area contributed by atoms with E-state index in [1.165, 1.54) is 9.80 Å². The van der Waals surface area contributed by atoms with Crippen molar-refractivity contribution >= 4 is 11.8 Å². The molecule has 0 atom stereocenters. The third-order valence-corrected chi connectivity index (χ3v) is 2.29. The second-order valence-electron chi connectivity index (χ2n) is 3.42. The molecule has 86 valence electrons. The fourth-order valence-electron chi connectivity index (χ4n) is 1.35. The molecule has 0 aromatic rings. The molecule has 0 bridgehead atoms. The maximum atomic E-state index is 11.5. The molecule has 1 fully saturated rings. The van der Waals surface area contributed by atoms with Crippen LogP contribution in [0.2, 0.25) is 0 Å². The Kier molecular flexibility index (Phi) is 4.51. The van der Waals surface area contributed by atoms with Crippen LogP contribution >= 0.6 is 0 Å². The summed E-state index contributed by atoms with van der Waals surface area (Å²) >= 11 is 0. The summed E-state index contributed by atoms with van der Waals surface area (Å²) < 4.78 is 5.15. The second-order valence-corrected chi connectivity index (χ2v) is 3.42. The molecule has 0 aromatic carbocycles. The lowest BCUT2D eigenvalue weighted by Crippen LogP contribution is -2.53. The fourth-order valence-corrected chi connectivity index (χ4v) is 1.35. The molecule has 2 amide bonds. The van der Waals surface area contributed by atoms with Gasteiger partial charge < -0.3 is 20.3 Å². The predicted octanol–water partition coefficient (Wildman–Crippen LogP) is -1.74. The quantitative estimate of drug-likeness (QED) is 0.436. The van der Waals surface area contributed by atoms with Crippen molar-refractivity contribution in [3.63, 3.8) is 0 Å². The zero-order valence-corrected chi connectivity index (χ0v) is 8.94. The van der Waals surface area contributed by atoms with E-state index < -0.39 is 11.8 Å². The molecule has 1 heterocycles. The van der Waals surface area contributed by atoms with Gasteiger partial charge in [0.1, 0.15) is 0 Å². The van der Waals surface area contributed by atoms with E-state index in [-0.39, 0.29) is 0 Å². The molecule has 6 nitrogen and oxygen atoms in total. The van der Waals surface area contributed by atoms with Gasteiger partial charge in [-0.2, -0.15) is 0 Å². The summed E-state index contributed by atoms with van der Waals surface area (Å²) in [5.74, 6) is -0.889. The summed E-state index contributed by atoms with van der Waals surface area (Å²) in [5, 5.41) is 0. The third kappa shape index (κ3) is 3.17. The Hall–Kier alpha value is -1.14. The van der Waals surface area contributed by atoms with Crippen LogP contribution in [0.1, 0.15) is 0 Å².